The van der Waals surface area contributed by atoms with Gasteiger partial charge in [0.2, 0.25) is 0 Å². The molecule has 122 valence electrons. The Morgan fingerprint density at radius 1 is 1.36 bits per heavy atom. The lowest BCUT2D eigenvalue weighted by atomic mass is 10.1. The quantitative estimate of drug-likeness (QED) is 0.929. The fourth-order valence-corrected chi connectivity index (χ4v) is 2.40. The van der Waals surface area contributed by atoms with Crippen LogP contribution < -0.4 is 10.1 Å². The van der Waals surface area contributed by atoms with Gasteiger partial charge in [-0.05, 0) is 44.9 Å². The van der Waals surface area contributed by atoms with E-state index in [-0.39, 0.29) is 6.09 Å². The van der Waals surface area contributed by atoms with Gasteiger partial charge in [0, 0.05) is 25.7 Å². The molecule has 0 aromatic heterocycles. The molecule has 1 fully saturated rings. The summed E-state index contributed by atoms with van der Waals surface area (Å²) in [6.45, 7) is 9.87. The Morgan fingerprint density at radius 2 is 2.05 bits per heavy atom. The van der Waals surface area contributed by atoms with Gasteiger partial charge in [-0.2, -0.15) is 0 Å². The molecular weight excluding hydrogens is 280 g/mol. The fourth-order valence-electron chi connectivity index (χ4n) is 2.40. The van der Waals surface area contributed by atoms with E-state index in [1.807, 2.05) is 33.8 Å². The van der Waals surface area contributed by atoms with Crippen LogP contribution in [0.2, 0.25) is 0 Å². The number of methoxy groups -OCH3 is 1. The van der Waals surface area contributed by atoms with Crippen LogP contribution >= 0.6 is 0 Å². The van der Waals surface area contributed by atoms with Crippen molar-refractivity contribution in [1.82, 2.24) is 10.2 Å². The lowest BCUT2D eigenvalue weighted by molar-refractivity contribution is 0.00519. The van der Waals surface area contributed by atoms with Gasteiger partial charge < -0.3 is 19.7 Å². The third kappa shape index (κ3) is 4.37. The monoisotopic (exact) mass is 306 g/mol. The van der Waals surface area contributed by atoms with E-state index in [4.69, 9.17) is 9.47 Å². The van der Waals surface area contributed by atoms with E-state index in [2.05, 4.69) is 17.4 Å². The average Bonchev–Trinajstić information content (AvgIpc) is 2.34. The maximum absolute atomic E-state index is 11.8. The second-order valence-corrected chi connectivity index (χ2v) is 6.77. The highest BCUT2D eigenvalue weighted by Crippen LogP contribution is 2.19. The summed E-state index contributed by atoms with van der Waals surface area (Å²) < 4.78 is 10.6. The van der Waals surface area contributed by atoms with E-state index < -0.39 is 5.60 Å². The van der Waals surface area contributed by atoms with Crippen molar-refractivity contribution in [2.75, 3.05) is 20.2 Å². The van der Waals surface area contributed by atoms with Crippen molar-refractivity contribution in [3.63, 3.8) is 0 Å². The summed E-state index contributed by atoms with van der Waals surface area (Å²) in [4.78, 5) is 13.6. The smallest absolute Gasteiger partial charge is 0.410 e. The molecule has 0 bridgehead atoms. The minimum Gasteiger partial charge on any atom is -0.496 e. The summed E-state index contributed by atoms with van der Waals surface area (Å²) >= 11 is 0. The van der Waals surface area contributed by atoms with Crippen LogP contribution in [0.15, 0.2) is 18.2 Å². The van der Waals surface area contributed by atoms with Gasteiger partial charge in [-0.15, -0.1) is 0 Å². The number of hydrogen-bond acceptors (Lipinski definition) is 4. The predicted molar refractivity (Wildman–Crippen MR) is 86.2 cm³/mol. The first-order valence-electron chi connectivity index (χ1n) is 7.63. The maximum atomic E-state index is 11.8. The highest BCUT2D eigenvalue weighted by molar-refractivity contribution is 5.69. The molecule has 0 aliphatic carbocycles. The number of hydrogen-bond donors (Lipinski definition) is 1. The lowest BCUT2D eigenvalue weighted by Gasteiger charge is -2.40. The number of nitrogens with zero attached hydrogens (tertiary/aromatic N) is 1. The third-order valence-electron chi connectivity index (χ3n) is 3.59. The van der Waals surface area contributed by atoms with E-state index >= 15 is 0 Å². The first-order valence-corrected chi connectivity index (χ1v) is 7.63. The number of nitrogens with one attached hydrogen (secondary N) is 1. The van der Waals surface area contributed by atoms with E-state index in [1.165, 1.54) is 5.56 Å². The van der Waals surface area contributed by atoms with Crippen molar-refractivity contribution in [2.45, 2.75) is 45.9 Å². The molecule has 1 aromatic carbocycles. The van der Waals surface area contributed by atoms with E-state index in [1.54, 1.807) is 12.0 Å². The van der Waals surface area contributed by atoms with Gasteiger partial charge in [0.1, 0.15) is 11.4 Å². The number of amides is 1. The zero-order valence-electron chi connectivity index (χ0n) is 14.1. The number of carbonyl (C=O) groups excluding carboxylic acids is 1. The predicted octanol–water partition coefficient (Wildman–Crippen LogP) is 2.71. The van der Waals surface area contributed by atoms with Crippen LogP contribution in [0.3, 0.4) is 0 Å². The summed E-state index contributed by atoms with van der Waals surface area (Å²) in [5, 5.41) is 3.46. The molecule has 0 radical (unpaired) electrons. The summed E-state index contributed by atoms with van der Waals surface area (Å²) in [6, 6.07) is 6.49. The SMILES string of the molecule is COc1ccc(CNC2CN(C(=O)OC(C)(C)C)C2)cc1C. The molecule has 5 heteroatoms. The zero-order valence-corrected chi connectivity index (χ0v) is 14.1. The Hall–Kier alpha value is -1.75. The topological polar surface area (TPSA) is 50.8 Å². The molecule has 1 N–H and O–H groups in total. The molecule has 0 spiro atoms. The van der Waals surface area contributed by atoms with E-state index in [0.717, 1.165) is 17.9 Å². The second-order valence-electron chi connectivity index (χ2n) is 6.77. The van der Waals surface area contributed by atoms with Crippen LogP contribution in [0.4, 0.5) is 4.79 Å². The van der Waals surface area contributed by atoms with E-state index in [0.29, 0.717) is 19.1 Å². The van der Waals surface area contributed by atoms with Gasteiger partial charge in [-0.1, -0.05) is 12.1 Å². The van der Waals surface area contributed by atoms with Crippen LogP contribution in [0.25, 0.3) is 0 Å². The maximum Gasteiger partial charge on any atom is 0.410 e. The van der Waals surface area contributed by atoms with Gasteiger partial charge >= 0.3 is 6.09 Å². The van der Waals surface area contributed by atoms with Crippen LogP contribution in [-0.4, -0.2) is 42.8 Å². The molecule has 1 aromatic rings. The van der Waals surface area contributed by atoms with Crippen molar-refractivity contribution in [1.29, 1.82) is 0 Å². The molecule has 0 saturated carbocycles. The van der Waals surface area contributed by atoms with Crippen LogP contribution in [0.1, 0.15) is 31.9 Å². The first kappa shape index (κ1) is 16.6. The third-order valence-corrected chi connectivity index (χ3v) is 3.59. The van der Waals surface area contributed by atoms with Gasteiger partial charge in [-0.3, -0.25) is 0 Å². The number of benzene rings is 1. The Labute approximate surface area is 132 Å². The van der Waals surface area contributed by atoms with Gasteiger partial charge in [0.25, 0.3) is 0 Å². The van der Waals surface area contributed by atoms with E-state index in [9.17, 15) is 4.79 Å². The average molecular weight is 306 g/mol. The van der Waals surface area contributed by atoms with Gasteiger partial charge in [0.05, 0.1) is 7.11 Å². The summed E-state index contributed by atoms with van der Waals surface area (Å²) in [6.07, 6.45) is -0.231. The van der Waals surface area contributed by atoms with Crippen molar-refractivity contribution < 1.29 is 14.3 Å². The minimum atomic E-state index is -0.434. The number of aryl methyl sites for hydroxylation is 1. The van der Waals surface area contributed by atoms with Crippen LogP contribution in [0, 0.1) is 6.92 Å². The second kappa shape index (κ2) is 6.57. The van der Waals surface area contributed by atoms with Gasteiger partial charge in [0.15, 0.2) is 0 Å². The summed E-state index contributed by atoms with van der Waals surface area (Å²) in [7, 11) is 1.68. The Kier molecular flexibility index (Phi) is 4.96. The number of ether oxygens (including phenoxy) is 2. The first-order chi connectivity index (χ1) is 10.3. The molecule has 1 aliphatic heterocycles. The fraction of sp³-hybridized carbons (Fsp3) is 0.588. The molecule has 1 amide bonds. The molecular formula is C17H26N2O3. The molecule has 1 saturated heterocycles. The van der Waals surface area contributed by atoms with Crippen LogP contribution in [0.5, 0.6) is 5.75 Å². The van der Waals surface area contributed by atoms with Crippen molar-refractivity contribution in [3.8, 4) is 5.75 Å². The number of carbonyl (C=O) groups is 1. The standard InChI is InChI=1S/C17H26N2O3/c1-12-8-13(6-7-15(12)21-5)9-18-14-10-19(11-14)16(20)22-17(2,3)4/h6-8,14,18H,9-11H2,1-5H3. The molecule has 1 heterocycles. The molecule has 0 atom stereocenters. The molecule has 22 heavy (non-hydrogen) atoms. The zero-order chi connectivity index (χ0) is 16.3. The van der Waals surface area contributed by atoms with Crippen molar-refractivity contribution in [3.05, 3.63) is 29.3 Å². The summed E-state index contributed by atoms with van der Waals surface area (Å²) in [5.41, 5.74) is 1.91. The molecule has 5 nitrogen and oxygen atoms in total. The Balaban J connectivity index is 1.74. The molecule has 1 aliphatic rings. The Morgan fingerprint density at radius 3 is 2.59 bits per heavy atom. The lowest BCUT2D eigenvalue weighted by Crippen LogP contribution is -2.60. The normalized spacial score (nSPS) is 15.4. The van der Waals surface area contributed by atoms with Crippen molar-refractivity contribution >= 4 is 6.09 Å². The number of likely N-dealkylation sites (tertiary alicyclic amines) is 1. The minimum absolute atomic E-state index is 0.231. The highest BCUT2D eigenvalue weighted by Gasteiger charge is 2.33. The molecule has 2 rings (SSSR count). The Bertz CT molecular complexity index is 531. The highest BCUT2D eigenvalue weighted by atomic mass is 16.6. The summed E-state index contributed by atoms with van der Waals surface area (Å²) in [5.74, 6) is 0.906. The van der Waals surface area contributed by atoms with Crippen molar-refractivity contribution in [2.24, 2.45) is 0 Å². The van der Waals surface area contributed by atoms with Crippen LogP contribution in [-0.2, 0) is 11.3 Å². The largest absolute Gasteiger partial charge is 0.496 e. The molecule has 0 unspecified atom stereocenters. The van der Waals surface area contributed by atoms with Gasteiger partial charge in [-0.25, -0.2) is 4.79 Å². The number of rotatable bonds is 4.